The van der Waals surface area contributed by atoms with Gasteiger partial charge in [0.05, 0.1) is 5.39 Å². The van der Waals surface area contributed by atoms with Crippen molar-refractivity contribution in [2.24, 2.45) is 0 Å². The predicted octanol–water partition coefficient (Wildman–Crippen LogP) is 3.42. The highest BCUT2D eigenvalue weighted by Crippen LogP contribution is 2.27. The Bertz CT molecular complexity index is 900. The molecule has 0 saturated heterocycles. The van der Waals surface area contributed by atoms with E-state index in [0.29, 0.717) is 23.1 Å². The van der Waals surface area contributed by atoms with E-state index in [0.717, 1.165) is 24.0 Å². The van der Waals surface area contributed by atoms with Gasteiger partial charge in [0.2, 0.25) is 0 Å². The molecule has 3 heterocycles. The molecule has 3 aromatic rings. The fraction of sp³-hybridized carbons (Fsp3) is 0.278. The molecule has 122 valence electrons. The smallest absolute Gasteiger partial charge is 0.259 e. The van der Waals surface area contributed by atoms with E-state index >= 15 is 0 Å². The monoisotopic (exact) mass is 321 g/mol. The highest BCUT2D eigenvalue weighted by Gasteiger charge is 2.18. The minimum absolute atomic E-state index is 0.120. The number of anilines is 3. The summed E-state index contributed by atoms with van der Waals surface area (Å²) in [5.41, 5.74) is -0.120. The molecule has 1 aliphatic carbocycles. The summed E-state index contributed by atoms with van der Waals surface area (Å²) in [4.78, 5) is 23.9. The van der Waals surface area contributed by atoms with E-state index in [2.05, 4.69) is 25.6 Å². The number of hydrogen-bond acceptors (Lipinski definition) is 5. The van der Waals surface area contributed by atoms with Crippen LogP contribution in [0.5, 0.6) is 0 Å². The maximum absolute atomic E-state index is 12.3. The van der Waals surface area contributed by atoms with Gasteiger partial charge in [-0.2, -0.15) is 0 Å². The summed E-state index contributed by atoms with van der Waals surface area (Å²) in [5.74, 6) is 2.04. The van der Waals surface area contributed by atoms with Crippen molar-refractivity contribution in [3.8, 4) is 0 Å². The second-order valence-corrected chi connectivity index (χ2v) is 6.09. The van der Waals surface area contributed by atoms with Gasteiger partial charge in [-0.3, -0.25) is 4.79 Å². The number of hydrogen-bond donors (Lipinski definition) is 3. The summed E-state index contributed by atoms with van der Waals surface area (Å²) < 4.78 is 0. The van der Waals surface area contributed by atoms with Crippen molar-refractivity contribution in [1.82, 2.24) is 15.0 Å². The molecule has 4 rings (SSSR count). The molecule has 3 aromatic heterocycles. The van der Waals surface area contributed by atoms with E-state index < -0.39 is 0 Å². The van der Waals surface area contributed by atoms with Crippen molar-refractivity contribution < 1.29 is 0 Å². The first-order valence-corrected chi connectivity index (χ1v) is 8.27. The molecule has 0 spiro atoms. The Morgan fingerprint density at radius 2 is 2.00 bits per heavy atom. The van der Waals surface area contributed by atoms with Gasteiger partial charge in [0, 0.05) is 18.4 Å². The van der Waals surface area contributed by atoms with Crippen LogP contribution in [0, 0.1) is 0 Å². The highest BCUT2D eigenvalue weighted by atomic mass is 16.1. The van der Waals surface area contributed by atoms with E-state index in [9.17, 15) is 4.79 Å². The number of nitrogens with zero attached hydrogens (tertiary/aromatic N) is 2. The van der Waals surface area contributed by atoms with Crippen LogP contribution >= 0.6 is 0 Å². The van der Waals surface area contributed by atoms with E-state index in [4.69, 9.17) is 0 Å². The molecule has 0 radical (unpaired) electrons. The van der Waals surface area contributed by atoms with Crippen molar-refractivity contribution in [3.63, 3.8) is 0 Å². The number of nitrogens with one attached hydrogen (secondary N) is 3. The standard InChI is InChI=1S/C18H19N5O/c24-18-16-12(8-10-20-18)11-15(22-14-7-3-4-9-19-14)23-17(16)21-13-5-1-2-6-13/h3-4,7-11,13H,1-2,5-6H2,(H,20,24)(H2,19,21,22,23). The molecule has 24 heavy (non-hydrogen) atoms. The molecule has 0 atom stereocenters. The molecule has 0 aliphatic heterocycles. The third-order valence-corrected chi connectivity index (χ3v) is 4.37. The van der Waals surface area contributed by atoms with Gasteiger partial charge < -0.3 is 15.6 Å². The zero-order valence-corrected chi connectivity index (χ0v) is 13.2. The molecular formula is C18H19N5O. The largest absolute Gasteiger partial charge is 0.367 e. The molecule has 6 nitrogen and oxygen atoms in total. The van der Waals surface area contributed by atoms with Crippen LogP contribution in [0.25, 0.3) is 10.8 Å². The number of pyridine rings is 3. The average molecular weight is 321 g/mol. The maximum atomic E-state index is 12.3. The number of H-pyrrole nitrogens is 1. The Morgan fingerprint density at radius 3 is 2.79 bits per heavy atom. The molecule has 6 heteroatoms. The molecule has 0 bridgehead atoms. The van der Waals surface area contributed by atoms with E-state index in [1.165, 1.54) is 12.8 Å². The van der Waals surface area contributed by atoms with Gasteiger partial charge in [-0.25, -0.2) is 9.97 Å². The number of aromatic nitrogens is 3. The fourth-order valence-corrected chi connectivity index (χ4v) is 3.21. The first kappa shape index (κ1) is 14.7. The van der Waals surface area contributed by atoms with Crippen LogP contribution in [-0.4, -0.2) is 21.0 Å². The second-order valence-electron chi connectivity index (χ2n) is 6.09. The highest BCUT2D eigenvalue weighted by molar-refractivity contribution is 5.93. The lowest BCUT2D eigenvalue weighted by molar-refractivity contribution is 0.752. The predicted molar refractivity (Wildman–Crippen MR) is 95.8 cm³/mol. The summed E-state index contributed by atoms with van der Waals surface area (Å²) in [6.45, 7) is 0. The van der Waals surface area contributed by atoms with Crippen LogP contribution in [0.3, 0.4) is 0 Å². The molecular weight excluding hydrogens is 302 g/mol. The minimum atomic E-state index is -0.120. The van der Waals surface area contributed by atoms with Crippen molar-refractivity contribution in [2.75, 3.05) is 10.6 Å². The van der Waals surface area contributed by atoms with Crippen LogP contribution in [0.1, 0.15) is 25.7 Å². The summed E-state index contributed by atoms with van der Waals surface area (Å²) in [7, 11) is 0. The van der Waals surface area contributed by atoms with E-state index in [1.807, 2.05) is 30.3 Å². The van der Waals surface area contributed by atoms with Crippen LogP contribution in [-0.2, 0) is 0 Å². The SMILES string of the molecule is O=c1[nH]ccc2cc(Nc3ccccn3)nc(NC3CCCC3)c12. The van der Waals surface area contributed by atoms with Gasteiger partial charge in [0.25, 0.3) is 5.56 Å². The van der Waals surface area contributed by atoms with Crippen molar-refractivity contribution in [2.45, 2.75) is 31.7 Å². The molecule has 1 saturated carbocycles. The zero-order chi connectivity index (χ0) is 16.4. The van der Waals surface area contributed by atoms with Gasteiger partial charge >= 0.3 is 0 Å². The Morgan fingerprint density at radius 1 is 1.12 bits per heavy atom. The third kappa shape index (κ3) is 2.95. The van der Waals surface area contributed by atoms with Crippen LogP contribution < -0.4 is 16.2 Å². The first-order valence-electron chi connectivity index (χ1n) is 8.27. The van der Waals surface area contributed by atoms with Crippen LogP contribution in [0.15, 0.2) is 47.5 Å². The Hall–Kier alpha value is -2.89. The molecule has 3 N–H and O–H groups in total. The summed E-state index contributed by atoms with van der Waals surface area (Å²) in [5, 5.41) is 8.13. The quantitative estimate of drug-likeness (QED) is 0.686. The van der Waals surface area contributed by atoms with Gasteiger partial charge in [-0.1, -0.05) is 18.9 Å². The Labute approximate surface area is 139 Å². The lowest BCUT2D eigenvalue weighted by atomic mass is 10.2. The number of aromatic amines is 1. The molecule has 1 aliphatic rings. The molecule has 0 unspecified atom stereocenters. The summed E-state index contributed by atoms with van der Waals surface area (Å²) >= 11 is 0. The Balaban J connectivity index is 1.76. The lowest BCUT2D eigenvalue weighted by Gasteiger charge is -2.16. The second kappa shape index (κ2) is 6.31. The van der Waals surface area contributed by atoms with Gasteiger partial charge in [0.15, 0.2) is 0 Å². The van der Waals surface area contributed by atoms with Crippen molar-refractivity contribution in [3.05, 3.63) is 53.1 Å². The third-order valence-electron chi connectivity index (χ3n) is 4.37. The maximum Gasteiger partial charge on any atom is 0.259 e. The van der Waals surface area contributed by atoms with Gasteiger partial charge in [0.1, 0.15) is 17.5 Å². The van der Waals surface area contributed by atoms with Crippen LogP contribution in [0.4, 0.5) is 17.5 Å². The van der Waals surface area contributed by atoms with Gasteiger partial charge in [-0.15, -0.1) is 0 Å². The molecule has 0 amide bonds. The zero-order valence-electron chi connectivity index (χ0n) is 13.2. The van der Waals surface area contributed by atoms with Crippen molar-refractivity contribution in [1.29, 1.82) is 0 Å². The number of fused-ring (bicyclic) bond motifs is 1. The number of rotatable bonds is 4. The normalized spacial score (nSPS) is 14.8. The lowest BCUT2D eigenvalue weighted by Crippen LogP contribution is -2.18. The summed E-state index contributed by atoms with van der Waals surface area (Å²) in [6, 6.07) is 9.81. The topological polar surface area (TPSA) is 82.7 Å². The van der Waals surface area contributed by atoms with E-state index in [-0.39, 0.29) is 5.56 Å². The first-order chi connectivity index (χ1) is 11.8. The van der Waals surface area contributed by atoms with E-state index in [1.54, 1.807) is 12.4 Å². The van der Waals surface area contributed by atoms with Crippen LogP contribution in [0.2, 0.25) is 0 Å². The van der Waals surface area contributed by atoms with Crippen molar-refractivity contribution >= 4 is 28.2 Å². The van der Waals surface area contributed by atoms with Gasteiger partial charge in [-0.05, 0) is 42.5 Å². The fourth-order valence-electron chi connectivity index (χ4n) is 3.21. The summed E-state index contributed by atoms with van der Waals surface area (Å²) in [6.07, 6.45) is 8.06. The average Bonchev–Trinajstić information content (AvgIpc) is 3.09. The molecule has 0 aromatic carbocycles. The molecule has 1 fully saturated rings. The minimum Gasteiger partial charge on any atom is -0.367 e. The Kier molecular flexibility index (Phi) is 3.86.